The summed E-state index contributed by atoms with van der Waals surface area (Å²) >= 11 is 0. The second-order valence-corrected chi connectivity index (χ2v) is 4.67. The number of fused-ring (bicyclic) bond motifs is 2. The molecule has 74 valence electrons. The summed E-state index contributed by atoms with van der Waals surface area (Å²) in [5.74, 6) is 0.363. The highest BCUT2D eigenvalue weighted by Gasteiger charge is 2.38. The van der Waals surface area contributed by atoms with Crippen LogP contribution in [0.1, 0.15) is 32.6 Å². The number of carbonyl (C=O) groups is 1. The van der Waals surface area contributed by atoms with Crippen LogP contribution in [-0.4, -0.2) is 23.3 Å². The maximum atomic E-state index is 11.3. The molecule has 0 amide bonds. The van der Waals surface area contributed by atoms with Crippen LogP contribution in [0, 0.1) is 11.8 Å². The van der Waals surface area contributed by atoms with Crippen molar-refractivity contribution in [2.45, 2.75) is 38.2 Å². The zero-order valence-corrected chi connectivity index (χ0v) is 7.95. The molecular formula is C10H16O3. The van der Waals surface area contributed by atoms with Gasteiger partial charge in [-0.05, 0) is 38.5 Å². The quantitative estimate of drug-likeness (QED) is 0.573. The predicted molar refractivity (Wildman–Crippen MR) is 47.0 cm³/mol. The molecule has 2 bridgehead atoms. The maximum Gasteiger partial charge on any atom is 0.308 e. The minimum absolute atomic E-state index is 0.0488. The average molecular weight is 184 g/mol. The van der Waals surface area contributed by atoms with Crippen molar-refractivity contribution < 1.29 is 14.6 Å². The number of rotatable bonds is 0. The summed E-state index contributed by atoms with van der Waals surface area (Å²) in [5, 5.41) is 9.92. The molecule has 0 radical (unpaired) electrons. The topological polar surface area (TPSA) is 46.5 Å². The molecule has 13 heavy (non-hydrogen) atoms. The van der Waals surface area contributed by atoms with Crippen LogP contribution in [0.3, 0.4) is 0 Å². The Morgan fingerprint density at radius 1 is 1.62 bits per heavy atom. The van der Waals surface area contributed by atoms with Gasteiger partial charge in [0.1, 0.15) is 0 Å². The van der Waals surface area contributed by atoms with E-state index in [1.54, 1.807) is 0 Å². The highest BCUT2D eigenvalue weighted by atomic mass is 16.5. The molecule has 2 fully saturated rings. The molecule has 1 saturated heterocycles. The molecule has 0 spiro atoms. The van der Waals surface area contributed by atoms with Crippen molar-refractivity contribution in [3.63, 3.8) is 0 Å². The highest BCUT2D eigenvalue weighted by molar-refractivity contribution is 5.73. The van der Waals surface area contributed by atoms with Gasteiger partial charge in [-0.25, -0.2) is 0 Å². The molecule has 2 aliphatic rings. The van der Waals surface area contributed by atoms with Crippen molar-refractivity contribution in [3.8, 4) is 0 Å². The largest absolute Gasteiger partial charge is 0.465 e. The lowest BCUT2D eigenvalue weighted by Gasteiger charge is -2.27. The van der Waals surface area contributed by atoms with Crippen molar-refractivity contribution in [2.75, 3.05) is 6.61 Å². The number of esters is 1. The Kier molecular flexibility index (Phi) is 2.06. The van der Waals surface area contributed by atoms with Gasteiger partial charge in [0, 0.05) is 0 Å². The Hall–Kier alpha value is -0.570. The third-order valence-corrected chi connectivity index (χ3v) is 3.17. The summed E-state index contributed by atoms with van der Waals surface area (Å²) in [6, 6.07) is 0. The Morgan fingerprint density at radius 2 is 2.38 bits per heavy atom. The van der Waals surface area contributed by atoms with E-state index in [1.807, 2.05) is 6.92 Å². The van der Waals surface area contributed by atoms with E-state index < -0.39 is 5.60 Å². The van der Waals surface area contributed by atoms with Gasteiger partial charge in [0.2, 0.25) is 0 Å². The zero-order chi connectivity index (χ0) is 9.47. The maximum absolute atomic E-state index is 11.3. The first kappa shape index (κ1) is 9.00. The van der Waals surface area contributed by atoms with Crippen molar-refractivity contribution in [2.24, 2.45) is 11.8 Å². The fourth-order valence-electron chi connectivity index (χ4n) is 2.47. The average Bonchev–Trinajstić information content (AvgIpc) is 2.17. The fourth-order valence-corrected chi connectivity index (χ4v) is 2.47. The number of cyclic esters (lactones) is 1. The Bertz CT molecular complexity index is 222. The van der Waals surface area contributed by atoms with E-state index in [0.717, 1.165) is 25.7 Å². The van der Waals surface area contributed by atoms with E-state index in [-0.39, 0.29) is 11.9 Å². The second-order valence-electron chi connectivity index (χ2n) is 4.67. The summed E-state index contributed by atoms with van der Waals surface area (Å²) in [6.07, 6.45) is 3.19. The molecule has 2 rings (SSSR count). The first-order valence-corrected chi connectivity index (χ1v) is 4.96. The highest BCUT2D eigenvalue weighted by Crippen LogP contribution is 2.37. The van der Waals surface area contributed by atoms with Crippen LogP contribution in [0.25, 0.3) is 0 Å². The first-order chi connectivity index (χ1) is 6.07. The fraction of sp³-hybridized carbons (Fsp3) is 0.900. The lowest BCUT2D eigenvalue weighted by Crippen LogP contribution is -2.31. The summed E-state index contributed by atoms with van der Waals surface area (Å²) in [5.41, 5.74) is -0.590. The predicted octanol–water partition coefficient (Wildman–Crippen LogP) is 1.10. The van der Waals surface area contributed by atoms with Gasteiger partial charge in [0.25, 0.3) is 0 Å². The van der Waals surface area contributed by atoms with Crippen LogP contribution in [0.2, 0.25) is 0 Å². The van der Waals surface area contributed by atoms with E-state index >= 15 is 0 Å². The Labute approximate surface area is 78.1 Å². The number of ether oxygens (including phenoxy) is 1. The van der Waals surface area contributed by atoms with Crippen LogP contribution in [-0.2, 0) is 9.53 Å². The molecule has 0 aromatic rings. The van der Waals surface area contributed by atoms with Gasteiger partial charge in [-0.15, -0.1) is 0 Å². The lowest BCUT2D eigenvalue weighted by molar-refractivity contribution is -0.156. The van der Waals surface area contributed by atoms with Crippen LogP contribution in [0.5, 0.6) is 0 Å². The third-order valence-electron chi connectivity index (χ3n) is 3.17. The molecule has 1 aliphatic carbocycles. The van der Waals surface area contributed by atoms with Crippen LogP contribution in [0.4, 0.5) is 0 Å². The third kappa shape index (κ3) is 1.85. The number of hydrogen-bond donors (Lipinski definition) is 1. The number of hydrogen-bond acceptors (Lipinski definition) is 3. The van der Waals surface area contributed by atoms with Gasteiger partial charge in [-0.3, -0.25) is 4.79 Å². The molecule has 3 nitrogen and oxygen atoms in total. The van der Waals surface area contributed by atoms with Crippen molar-refractivity contribution in [1.82, 2.24) is 0 Å². The molecule has 1 aliphatic heterocycles. The SMILES string of the molecule is CC1(O)CCC2CC(COC2=O)C1. The van der Waals surface area contributed by atoms with E-state index in [1.165, 1.54) is 0 Å². The van der Waals surface area contributed by atoms with Crippen LogP contribution in [0.15, 0.2) is 0 Å². The van der Waals surface area contributed by atoms with Crippen molar-refractivity contribution >= 4 is 5.97 Å². The summed E-state index contributed by atoms with van der Waals surface area (Å²) in [4.78, 5) is 11.3. The van der Waals surface area contributed by atoms with Gasteiger partial charge in [0.05, 0.1) is 18.1 Å². The first-order valence-electron chi connectivity index (χ1n) is 4.96. The lowest BCUT2D eigenvalue weighted by atomic mass is 9.89. The number of aliphatic hydroxyl groups is 1. The summed E-state index contributed by atoms with van der Waals surface area (Å²) in [7, 11) is 0. The Morgan fingerprint density at radius 3 is 3.15 bits per heavy atom. The molecule has 3 unspecified atom stereocenters. The number of carbonyl (C=O) groups excluding carboxylic acids is 1. The van der Waals surface area contributed by atoms with Crippen molar-refractivity contribution in [3.05, 3.63) is 0 Å². The second kappa shape index (κ2) is 2.98. The van der Waals surface area contributed by atoms with E-state index in [2.05, 4.69) is 0 Å². The van der Waals surface area contributed by atoms with Gasteiger partial charge < -0.3 is 9.84 Å². The van der Waals surface area contributed by atoms with Gasteiger partial charge >= 0.3 is 5.97 Å². The minimum atomic E-state index is -0.590. The molecule has 1 N–H and O–H groups in total. The summed E-state index contributed by atoms with van der Waals surface area (Å²) in [6.45, 7) is 2.36. The molecular weight excluding hydrogens is 168 g/mol. The van der Waals surface area contributed by atoms with Gasteiger partial charge in [-0.2, -0.15) is 0 Å². The standard InChI is InChI=1S/C10H16O3/c1-10(12)3-2-8-4-7(5-10)6-13-9(8)11/h7-8,12H,2-6H2,1H3. The molecule has 1 heterocycles. The normalized spacial score (nSPS) is 45.2. The Balaban J connectivity index is 2.12. The smallest absolute Gasteiger partial charge is 0.308 e. The molecule has 3 atom stereocenters. The van der Waals surface area contributed by atoms with Crippen LogP contribution >= 0.6 is 0 Å². The monoisotopic (exact) mass is 184 g/mol. The molecule has 3 heteroatoms. The van der Waals surface area contributed by atoms with E-state index in [9.17, 15) is 9.90 Å². The molecule has 0 aromatic carbocycles. The van der Waals surface area contributed by atoms with E-state index in [0.29, 0.717) is 12.5 Å². The zero-order valence-electron chi connectivity index (χ0n) is 7.95. The minimum Gasteiger partial charge on any atom is -0.465 e. The molecule has 0 aromatic heterocycles. The van der Waals surface area contributed by atoms with Crippen LogP contribution < -0.4 is 0 Å². The summed E-state index contributed by atoms with van der Waals surface area (Å²) < 4.78 is 5.07. The van der Waals surface area contributed by atoms with Crippen molar-refractivity contribution in [1.29, 1.82) is 0 Å². The molecule has 1 saturated carbocycles. The van der Waals surface area contributed by atoms with Gasteiger partial charge in [-0.1, -0.05) is 0 Å². The van der Waals surface area contributed by atoms with E-state index in [4.69, 9.17) is 4.74 Å². The van der Waals surface area contributed by atoms with Gasteiger partial charge in [0.15, 0.2) is 0 Å².